The number of hydrogen-bond acceptors (Lipinski definition) is 6. The van der Waals surface area contributed by atoms with Gasteiger partial charge in [-0.05, 0) is 42.5 Å². The van der Waals surface area contributed by atoms with Gasteiger partial charge in [0.15, 0.2) is 18.3 Å². The van der Waals surface area contributed by atoms with Gasteiger partial charge in [0.05, 0.1) is 11.4 Å². The Labute approximate surface area is 169 Å². The summed E-state index contributed by atoms with van der Waals surface area (Å²) in [5.74, 6) is 0.655. The number of rotatable bonds is 5. The molecule has 4 rings (SSSR count). The summed E-state index contributed by atoms with van der Waals surface area (Å²) in [6, 6.07) is 12.2. The van der Waals surface area contributed by atoms with E-state index in [9.17, 15) is 9.59 Å². The van der Waals surface area contributed by atoms with Crippen LogP contribution in [0.3, 0.4) is 0 Å². The zero-order valence-electron chi connectivity index (χ0n) is 14.4. The number of thiazole rings is 1. The zero-order chi connectivity index (χ0) is 19.5. The Morgan fingerprint density at radius 3 is 2.93 bits per heavy atom. The van der Waals surface area contributed by atoms with E-state index in [-0.39, 0.29) is 25.0 Å². The van der Waals surface area contributed by atoms with Gasteiger partial charge in [-0.1, -0.05) is 11.6 Å². The summed E-state index contributed by atoms with van der Waals surface area (Å²) in [7, 11) is 0. The van der Waals surface area contributed by atoms with Gasteiger partial charge in [-0.2, -0.15) is 0 Å². The molecule has 0 spiro atoms. The molecule has 2 amide bonds. The highest BCUT2D eigenvalue weighted by molar-refractivity contribution is 7.14. The van der Waals surface area contributed by atoms with Gasteiger partial charge in [-0.25, -0.2) is 4.98 Å². The number of anilines is 2. The molecule has 142 valence electrons. The van der Waals surface area contributed by atoms with Crippen molar-refractivity contribution in [1.82, 2.24) is 4.98 Å². The van der Waals surface area contributed by atoms with Crippen molar-refractivity contribution in [2.24, 2.45) is 0 Å². The van der Waals surface area contributed by atoms with Gasteiger partial charge in [-0.3, -0.25) is 14.9 Å². The summed E-state index contributed by atoms with van der Waals surface area (Å²) in [5, 5.41) is 8.34. The van der Waals surface area contributed by atoms with Crippen LogP contribution in [-0.2, 0) is 9.59 Å². The molecule has 0 saturated carbocycles. The van der Waals surface area contributed by atoms with Crippen molar-refractivity contribution in [3.8, 4) is 22.8 Å². The van der Waals surface area contributed by atoms with Crippen LogP contribution in [0.4, 0.5) is 10.8 Å². The highest BCUT2D eigenvalue weighted by Crippen LogP contribution is 2.33. The van der Waals surface area contributed by atoms with E-state index in [1.165, 1.54) is 11.3 Å². The van der Waals surface area contributed by atoms with Crippen molar-refractivity contribution in [1.29, 1.82) is 0 Å². The van der Waals surface area contributed by atoms with Gasteiger partial charge in [0.25, 0.3) is 11.8 Å². The van der Waals surface area contributed by atoms with Gasteiger partial charge in [-0.15, -0.1) is 11.3 Å². The maximum atomic E-state index is 12.1. The minimum Gasteiger partial charge on any atom is -0.484 e. The summed E-state index contributed by atoms with van der Waals surface area (Å²) in [6.07, 6.45) is 0. The van der Waals surface area contributed by atoms with Gasteiger partial charge in [0.1, 0.15) is 11.5 Å². The smallest absolute Gasteiger partial charge is 0.264 e. The first-order valence-corrected chi connectivity index (χ1v) is 9.53. The van der Waals surface area contributed by atoms with Crippen LogP contribution >= 0.6 is 22.9 Å². The Kier molecular flexibility index (Phi) is 5.14. The van der Waals surface area contributed by atoms with Crippen LogP contribution < -0.4 is 20.1 Å². The van der Waals surface area contributed by atoms with Crippen LogP contribution in [-0.4, -0.2) is 30.0 Å². The third-order valence-corrected chi connectivity index (χ3v) is 4.85. The number of ether oxygens (including phenoxy) is 2. The van der Waals surface area contributed by atoms with Gasteiger partial charge >= 0.3 is 0 Å². The Morgan fingerprint density at radius 2 is 2.11 bits per heavy atom. The fourth-order valence-corrected chi connectivity index (χ4v) is 3.40. The third-order valence-electron chi connectivity index (χ3n) is 3.84. The number of carbonyl (C=O) groups excluding carboxylic acids is 2. The van der Waals surface area contributed by atoms with Crippen LogP contribution in [0.2, 0.25) is 5.02 Å². The predicted molar refractivity (Wildman–Crippen MR) is 107 cm³/mol. The topological polar surface area (TPSA) is 89.5 Å². The monoisotopic (exact) mass is 415 g/mol. The Bertz CT molecular complexity index is 1040. The molecule has 9 heteroatoms. The van der Waals surface area contributed by atoms with Crippen LogP contribution in [0, 0.1) is 0 Å². The number of nitrogens with zero attached hydrogens (tertiary/aromatic N) is 1. The second kappa shape index (κ2) is 7.87. The molecule has 1 aliphatic heterocycles. The Balaban J connectivity index is 1.39. The fourth-order valence-electron chi connectivity index (χ4n) is 2.54. The van der Waals surface area contributed by atoms with Crippen LogP contribution in [0.1, 0.15) is 0 Å². The summed E-state index contributed by atoms with van der Waals surface area (Å²) in [4.78, 5) is 27.9. The van der Waals surface area contributed by atoms with E-state index < -0.39 is 0 Å². The predicted octanol–water partition coefficient (Wildman–Crippen LogP) is 3.81. The third kappa shape index (κ3) is 4.24. The molecule has 28 heavy (non-hydrogen) atoms. The van der Waals surface area contributed by atoms with E-state index in [0.29, 0.717) is 33.0 Å². The van der Waals surface area contributed by atoms with E-state index in [2.05, 4.69) is 15.6 Å². The highest BCUT2D eigenvalue weighted by Gasteiger charge is 2.17. The summed E-state index contributed by atoms with van der Waals surface area (Å²) < 4.78 is 10.8. The molecule has 0 bridgehead atoms. The molecule has 1 aromatic heterocycles. The lowest BCUT2D eigenvalue weighted by Crippen LogP contribution is -2.25. The van der Waals surface area contributed by atoms with E-state index in [1.807, 2.05) is 11.4 Å². The van der Waals surface area contributed by atoms with Crippen molar-refractivity contribution < 1.29 is 19.1 Å². The molecule has 3 aromatic rings. The standard InChI is InChI=1S/C19H14ClN3O4S/c20-12-2-4-13(5-3-12)26-8-18(25)23-19-22-15(10-28-19)11-1-6-16-14(7-11)21-17(24)9-27-16/h1-7,10H,8-9H2,(H,21,24)(H,22,23,25). The number of hydrogen-bond donors (Lipinski definition) is 2. The number of nitrogens with one attached hydrogen (secondary N) is 2. The fraction of sp³-hybridized carbons (Fsp3) is 0.105. The number of benzene rings is 2. The maximum Gasteiger partial charge on any atom is 0.264 e. The molecule has 2 heterocycles. The van der Waals surface area contributed by atoms with Gasteiger partial charge in [0, 0.05) is 16.0 Å². The van der Waals surface area contributed by atoms with Crippen molar-refractivity contribution in [2.75, 3.05) is 23.8 Å². The molecule has 1 aliphatic rings. The molecule has 0 fully saturated rings. The number of carbonyl (C=O) groups is 2. The molecule has 0 saturated heterocycles. The van der Waals surface area contributed by atoms with E-state index in [1.54, 1.807) is 36.4 Å². The number of halogens is 1. The normalized spacial score (nSPS) is 12.5. The van der Waals surface area contributed by atoms with E-state index in [4.69, 9.17) is 21.1 Å². The second-order valence-corrected chi connectivity index (χ2v) is 7.17. The molecule has 2 N–H and O–H groups in total. The quantitative estimate of drug-likeness (QED) is 0.661. The summed E-state index contributed by atoms with van der Waals surface area (Å²) in [5.41, 5.74) is 2.09. The molecule has 0 unspecified atom stereocenters. The van der Waals surface area contributed by atoms with E-state index >= 15 is 0 Å². The van der Waals surface area contributed by atoms with Gasteiger partial charge in [0.2, 0.25) is 0 Å². The minimum absolute atomic E-state index is 0.0112. The van der Waals surface area contributed by atoms with Crippen LogP contribution in [0.5, 0.6) is 11.5 Å². The summed E-state index contributed by atoms with van der Waals surface area (Å²) >= 11 is 7.11. The largest absolute Gasteiger partial charge is 0.484 e. The zero-order valence-corrected chi connectivity index (χ0v) is 16.0. The number of amides is 2. The average Bonchev–Trinajstić information content (AvgIpc) is 3.15. The molecule has 7 nitrogen and oxygen atoms in total. The molecule has 0 aliphatic carbocycles. The average molecular weight is 416 g/mol. The maximum absolute atomic E-state index is 12.1. The minimum atomic E-state index is -0.318. The Morgan fingerprint density at radius 1 is 1.29 bits per heavy atom. The SMILES string of the molecule is O=C(COc1ccc(Cl)cc1)Nc1nc(-c2ccc3c(c2)NC(=O)CO3)cs1. The lowest BCUT2D eigenvalue weighted by atomic mass is 10.1. The number of aromatic nitrogens is 1. The second-order valence-electron chi connectivity index (χ2n) is 5.88. The number of fused-ring (bicyclic) bond motifs is 1. The lowest BCUT2D eigenvalue weighted by Gasteiger charge is -2.18. The molecular formula is C19H14ClN3O4S. The highest BCUT2D eigenvalue weighted by atomic mass is 35.5. The molecule has 2 aromatic carbocycles. The van der Waals surface area contributed by atoms with Crippen molar-refractivity contribution >= 4 is 45.6 Å². The van der Waals surface area contributed by atoms with Crippen molar-refractivity contribution in [3.05, 3.63) is 52.9 Å². The van der Waals surface area contributed by atoms with E-state index in [0.717, 1.165) is 5.56 Å². The molecule has 0 atom stereocenters. The first kappa shape index (κ1) is 18.3. The van der Waals surface area contributed by atoms with Crippen molar-refractivity contribution in [2.45, 2.75) is 0 Å². The van der Waals surface area contributed by atoms with Crippen LogP contribution in [0.25, 0.3) is 11.3 Å². The Hall–Kier alpha value is -3.10. The van der Waals surface area contributed by atoms with Gasteiger partial charge < -0.3 is 14.8 Å². The summed E-state index contributed by atoms with van der Waals surface area (Å²) in [6.45, 7) is -0.129. The van der Waals surface area contributed by atoms with Crippen LogP contribution in [0.15, 0.2) is 47.8 Å². The first-order valence-electron chi connectivity index (χ1n) is 8.28. The first-order chi connectivity index (χ1) is 13.6. The molecule has 0 radical (unpaired) electrons. The lowest BCUT2D eigenvalue weighted by molar-refractivity contribution is -0.119. The molecular weight excluding hydrogens is 402 g/mol. The van der Waals surface area contributed by atoms with Crippen molar-refractivity contribution in [3.63, 3.8) is 0 Å².